The van der Waals surface area contributed by atoms with E-state index in [0.717, 1.165) is 40.6 Å². The topological polar surface area (TPSA) is 62.7 Å². The van der Waals surface area contributed by atoms with Crippen LogP contribution in [0.15, 0.2) is 60.9 Å². The molecule has 4 rings (SSSR count). The molecule has 1 aromatic heterocycles. The third kappa shape index (κ3) is 3.38. The van der Waals surface area contributed by atoms with Crippen LogP contribution in [-0.4, -0.2) is 40.7 Å². The number of aromatic nitrogens is 1. The van der Waals surface area contributed by atoms with Gasteiger partial charge in [-0.1, -0.05) is 24.3 Å². The number of hydrogen-bond donors (Lipinski definition) is 1. The van der Waals surface area contributed by atoms with Gasteiger partial charge in [-0.15, -0.1) is 0 Å². The highest BCUT2D eigenvalue weighted by molar-refractivity contribution is 5.82. The summed E-state index contributed by atoms with van der Waals surface area (Å²) in [5.74, 6) is 0.0129. The molecule has 3 aromatic rings. The number of carbonyl (C=O) groups is 1. The zero-order chi connectivity index (χ0) is 18.8. The summed E-state index contributed by atoms with van der Waals surface area (Å²) in [5, 5.41) is 11.9. The van der Waals surface area contributed by atoms with Crippen LogP contribution < -0.4 is 4.74 Å². The lowest BCUT2D eigenvalue weighted by atomic mass is 9.94. The first kappa shape index (κ1) is 17.5. The van der Waals surface area contributed by atoms with Gasteiger partial charge in [-0.05, 0) is 53.6 Å². The van der Waals surface area contributed by atoms with Crippen molar-refractivity contribution >= 4 is 16.7 Å². The van der Waals surface area contributed by atoms with Gasteiger partial charge in [0.05, 0.1) is 13.2 Å². The Labute approximate surface area is 158 Å². The van der Waals surface area contributed by atoms with Crippen LogP contribution in [0.4, 0.5) is 0 Å². The number of ether oxygens (including phenoxy) is 1. The highest BCUT2D eigenvalue weighted by Crippen LogP contribution is 2.37. The molecule has 5 nitrogen and oxygen atoms in total. The van der Waals surface area contributed by atoms with Crippen molar-refractivity contribution in [3.8, 4) is 5.75 Å². The van der Waals surface area contributed by atoms with E-state index in [1.807, 2.05) is 36.5 Å². The van der Waals surface area contributed by atoms with Crippen LogP contribution in [0.3, 0.4) is 0 Å². The summed E-state index contributed by atoms with van der Waals surface area (Å²) in [7, 11) is 1.65. The summed E-state index contributed by atoms with van der Waals surface area (Å²) in [4.78, 5) is 18.1. The highest BCUT2D eigenvalue weighted by atomic mass is 16.5. The maximum absolute atomic E-state index is 11.8. The molecule has 2 aromatic carbocycles. The molecule has 0 saturated carbocycles. The number of pyridine rings is 1. The van der Waals surface area contributed by atoms with E-state index in [1.54, 1.807) is 13.3 Å². The minimum absolute atomic E-state index is 0.138. The number of aliphatic carboxylic acids is 1. The molecule has 0 aliphatic carbocycles. The van der Waals surface area contributed by atoms with Crippen LogP contribution in [-0.2, 0) is 4.79 Å². The number of benzene rings is 2. The lowest BCUT2D eigenvalue weighted by molar-refractivity contribution is -0.142. The van der Waals surface area contributed by atoms with Crippen molar-refractivity contribution in [3.63, 3.8) is 0 Å². The van der Waals surface area contributed by atoms with Crippen molar-refractivity contribution in [1.82, 2.24) is 9.88 Å². The van der Waals surface area contributed by atoms with E-state index in [2.05, 4.69) is 28.1 Å². The second kappa shape index (κ2) is 7.37. The smallest absolute Gasteiger partial charge is 0.320 e. The minimum Gasteiger partial charge on any atom is -0.497 e. The van der Waals surface area contributed by atoms with E-state index >= 15 is 0 Å². The Morgan fingerprint density at radius 1 is 1.19 bits per heavy atom. The van der Waals surface area contributed by atoms with Gasteiger partial charge in [0.1, 0.15) is 11.8 Å². The van der Waals surface area contributed by atoms with Gasteiger partial charge in [0.2, 0.25) is 0 Å². The van der Waals surface area contributed by atoms with Crippen LogP contribution in [0.25, 0.3) is 10.8 Å². The zero-order valence-electron chi connectivity index (χ0n) is 15.2. The van der Waals surface area contributed by atoms with Crippen molar-refractivity contribution in [1.29, 1.82) is 0 Å². The normalized spacial score (nSPS) is 18.5. The average molecular weight is 362 g/mol. The van der Waals surface area contributed by atoms with Crippen LogP contribution >= 0.6 is 0 Å². The Kier molecular flexibility index (Phi) is 4.77. The Balaban J connectivity index is 1.84. The predicted molar refractivity (Wildman–Crippen MR) is 104 cm³/mol. The predicted octanol–water partition coefficient (Wildman–Crippen LogP) is 3.88. The third-order valence-corrected chi connectivity index (χ3v) is 5.30. The molecule has 2 heterocycles. The van der Waals surface area contributed by atoms with Crippen molar-refractivity contribution in [2.45, 2.75) is 24.9 Å². The summed E-state index contributed by atoms with van der Waals surface area (Å²) in [6.45, 7) is 0.757. The van der Waals surface area contributed by atoms with Crippen LogP contribution in [0, 0.1) is 0 Å². The van der Waals surface area contributed by atoms with Gasteiger partial charge in [0.15, 0.2) is 0 Å². The van der Waals surface area contributed by atoms with Crippen LogP contribution in [0.2, 0.25) is 0 Å². The lowest BCUT2D eigenvalue weighted by Gasteiger charge is -2.32. The Bertz CT molecular complexity index is 972. The quantitative estimate of drug-likeness (QED) is 0.746. The molecule has 2 atom stereocenters. The van der Waals surface area contributed by atoms with Crippen LogP contribution in [0.1, 0.15) is 30.0 Å². The molecule has 0 amide bonds. The molecule has 0 spiro atoms. The maximum Gasteiger partial charge on any atom is 0.320 e. The van der Waals surface area contributed by atoms with Gasteiger partial charge in [-0.3, -0.25) is 14.7 Å². The number of hydrogen-bond acceptors (Lipinski definition) is 4. The number of carboxylic acids is 1. The first-order valence-corrected chi connectivity index (χ1v) is 9.13. The number of carboxylic acid groups (broad SMARTS) is 1. The third-order valence-electron chi connectivity index (χ3n) is 5.30. The fourth-order valence-corrected chi connectivity index (χ4v) is 4.02. The van der Waals surface area contributed by atoms with Gasteiger partial charge < -0.3 is 9.84 Å². The summed E-state index contributed by atoms with van der Waals surface area (Å²) in [5.41, 5.74) is 2.12. The first-order chi connectivity index (χ1) is 13.2. The van der Waals surface area contributed by atoms with E-state index < -0.39 is 12.0 Å². The molecule has 1 saturated heterocycles. The largest absolute Gasteiger partial charge is 0.497 e. The lowest BCUT2D eigenvalue weighted by Crippen LogP contribution is -2.39. The van der Waals surface area contributed by atoms with Crippen molar-refractivity contribution in [3.05, 3.63) is 72.1 Å². The van der Waals surface area contributed by atoms with Crippen molar-refractivity contribution < 1.29 is 14.6 Å². The van der Waals surface area contributed by atoms with Gasteiger partial charge in [-0.25, -0.2) is 0 Å². The van der Waals surface area contributed by atoms with Gasteiger partial charge in [-0.2, -0.15) is 0 Å². The zero-order valence-corrected chi connectivity index (χ0v) is 15.2. The van der Waals surface area contributed by atoms with Crippen molar-refractivity contribution in [2.75, 3.05) is 13.7 Å². The number of methoxy groups -OCH3 is 1. The number of fused-ring (bicyclic) bond motifs is 1. The number of likely N-dealkylation sites (tertiary alicyclic amines) is 1. The monoisotopic (exact) mass is 362 g/mol. The summed E-state index contributed by atoms with van der Waals surface area (Å²) >= 11 is 0. The molecule has 1 aliphatic rings. The molecular formula is C22H22N2O3. The number of nitrogens with zero attached hydrogens (tertiary/aromatic N) is 2. The van der Waals surface area contributed by atoms with Gasteiger partial charge in [0.25, 0.3) is 0 Å². The molecule has 1 aliphatic heterocycles. The van der Waals surface area contributed by atoms with E-state index in [-0.39, 0.29) is 6.04 Å². The Morgan fingerprint density at radius 2 is 2.04 bits per heavy atom. The molecule has 0 radical (unpaired) electrons. The molecule has 0 bridgehead atoms. The van der Waals surface area contributed by atoms with E-state index in [1.165, 1.54) is 0 Å². The van der Waals surface area contributed by atoms with Gasteiger partial charge in [0, 0.05) is 24.3 Å². The summed E-state index contributed by atoms with van der Waals surface area (Å²) in [6, 6.07) is 15.5. The van der Waals surface area contributed by atoms with Crippen LogP contribution in [0.5, 0.6) is 5.75 Å². The molecule has 1 N–H and O–H groups in total. The fraction of sp³-hybridized carbons (Fsp3) is 0.273. The summed E-state index contributed by atoms with van der Waals surface area (Å²) < 4.78 is 5.40. The standard InChI is InChI=1S/C22H22N2O3/c1-27-19-5-2-4-16(13-19)21(24-11-3-6-20(24)22(25)26)17-7-8-18-14-23-10-9-15(18)12-17/h2,4-5,7-10,12-14,20-21H,3,6,11H2,1H3,(H,25,26). The average Bonchev–Trinajstić information content (AvgIpc) is 3.18. The molecule has 138 valence electrons. The van der Waals surface area contributed by atoms with E-state index in [0.29, 0.717) is 6.42 Å². The second-order valence-corrected chi connectivity index (χ2v) is 6.90. The molecule has 2 unspecified atom stereocenters. The van der Waals surface area contributed by atoms with Crippen molar-refractivity contribution in [2.24, 2.45) is 0 Å². The SMILES string of the molecule is COc1cccc(C(c2ccc3cnccc3c2)N2CCCC2C(=O)O)c1. The first-order valence-electron chi connectivity index (χ1n) is 9.13. The highest BCUT2D eigenvalue weighted by Gasteiger charge is 2.37. The van der Waals surface area contributed by atoms with Gasteiger partial charge >= 0.3 is 5.97 Å². The number of rotatable bonds is 5. The minimum atomic E-state index is -0.759. The fourth-order valence-electron chi connectivity index (χ4n) is 4.02. The molecule has 1 fully saturated rings. The molecular weight excluding hydrogens is 340 g/mol. The second-order valence-electron chi connectivity index (χ2n) is 6.90. The molecule has 5 heteroatoms. The maximum atomic E-state index is 11.8. The Morgan fingerprint density at radius 3 is 2.85 bits per heavy atom. The molecule has 27 heavy (non-hydrogen) atoms. The van der Waals surface area contributed by atoms with E-state index in [4.69, 9.17) is 4.74 Å². The van der Waals surface area contributed by atoms with E-state index in [9.17, 15) is 9.90 Å². The Hall–Kier alpha value is -2.92. The summed E-state index contributed by atoms with van der Waals surface area (Å²) in [6.07, 6.45) is 5.18.